The Morgan fingerprint density at radius 3 is 2.42 bits per heavy atom. The molecule has 9 nitrogen and oxygen atoms in total. The number of nitro benzene ring substituents is 1. The summed E-state index contributed by atoms with van der Waals surface area (Å²) < 4.78 is 11.2. The summed E-state index contributed by atoms with van der Waals surface area (Å²) in [6.07, 6.45) is 3.61. The van der Waals surface area contributed by atoms with Crippen LogP contribution in [0.1, 0.15) is 55.5 Å². The molecule has 1 aliphatic rings. The van der Waals surface area contributed by atoms with E-state index in [1.165, 1.54) is 12.1 Å². The molecule has 3 rings (SSSR count). The molecule has 1 saturated carbocycles. The van der Waals surface area contributed by atoms with Gasteiger partial charge in [0.15, 0.2) is 11.5 Å². The van der Waals surface area contributed by atoms with Crippen molar-refractivity contribution < 1.29 is 19.2 Å². The highest BCUT2D eigenvalue weighted by atomic mass is 16.6. The predicted octanol–water partition coefficient (Wildman–Crippen LogP) is 4.00. The number of nitro groups is 1. The van der Waals surface area contributed by atoms with E-state index in [4.69, 9.17) is 15.2 Å². The number of rotatable bonds is 10. The van der Waals surface area contributed by atoms with Gasteiger partial charge in [-0.1, -0.05) is 6.07 Å². The fraction of sp³-hybridized carbons (Fsp3) is 0.458. The summed E-state index contributed by atoms with van der Waals surface area (Å²) in [5.41, 5.74) is 7.52. The maximum Gasteiger partial charge on any atom is 0.270 e. The molecule has 9 heteroatoms. The molecule has 0 spiro atoms. The van der Waals surface area contributed by atoms with E-state index in [9.17, 15) is 14.9 Å². The number of anilines is 1. The van der Waals surface area contributed by atoms with Crippen LogP contribution >= 0.6 is 0 Å². The van der Waals surface area contributed by atoms with Crippen LogP contribution in [0.4, 0.5) is 11.4 Å². The lowest BCUT2D eigenvalue weighted by atomic mass is 9.91. The van der Waals surface area contributed by atoms with Gasteiger partial charge in [0, 0.05) is 36.4 Å². The Hall–Kier alpha value is -3.33. The number of non-ortho nitro benzene ring substituents is 1. The molecule has 2 aromatic rings. The molecule has 4 N–H and O–H groups in total. The molecule has 178 valence electrons. The number of hydrogen-bond donors (Lipinski definition) is 3. The number of nitrogens with zero attached hydrogens (tertiary/aromatic N) is 1. The zero-order valence-corrected chi connectivity index (χ0v) is 19.1. The quantitative estimate of drug-likeness (QED) is 0.364. The minimum atomic E-state index is -0.499. The summed E-state index contributed by atoms with van der Waals surface area (Å²) in [5.74, 6) is 0.867. The molecule has 0 radical (unpaired) electrons. The van der Waals surface area contributed by atoms with Crippen molar-refractivity contribution in [3.05, 3.63) is 57.6 Å². The predicted molar refractivity (Wildman–Crippen MR) is 127 cm³/mol. The van der Waals surface area contributed by atoms with Crippen molar-refractivity contribution >= 4 is 17.3 Å². The summed E-state index contributed by atoms with van der Waals surface area (Å²) in [7, 11) is 0. The molecule has 2 aromatic carbocycles. The monoisotopic (exact) mass is 456 g/mol. The molecule has 0 atom stereocenters. The van der Waals surface area contributed by atoms with Gasteiger partial charge >= 0.3 is 0 Å². The van der Waals surface area contributed by atoms with Crippen LogP contribution in [0.15, 0.2) is 36.4 Å². The third-order valence-electron chi connectivity index (χ3n) is 5.65. The molecule has 0 heterocycles. The van der Waals surface area contributed by atoms with Crippen molar-refractivity contribution in [1.29, 1.82) is 0 Å². The smallest absolute Gasteiger partial charge is 0.270 e. The topological polar surface area (TPSA) is 129 Å². The highest BCUT2D eigenvalue weighted by molar-refractivity contribution is 6.00. The van der Waals surface area contributed by atoms with Crippen molar-refractivity contribution in [2.45, 2.75) is 58.2 Å². The van der Waals surface area contributed by atoms with Crippen LogP contribution in [-0.4, -0.2) is 36.1 Å². The Kier molecular flexibility index (Phi) is 8.48. The number of carbonyl (C=O) groups excluding carboxylic acids is 1. The lowest BCUT2D eigenvalue weighted by Gasteiger charge is -2.28. The average Bonchev–Trinajstić information content (AvgIpc) is 2.81. The van der Waals surface area contributed by atoms with Gasteiger partial charge in [0.1, 0.15) is 0 Å². The standard InChI is InChI=1S/C24H32N4O5/c1-3-32-22-12-5-16(13-23(22)33-4-2)15-26-24(29)20-14-19(28(30)31)10-11-21(20)27-18-8-6-17(25)7-9-18/h5,10-14,17-18,27H,3-4,6-9,15,25H2,1-2H3,(H,26,29)/t17-,18+. The van der Waals surface area contributed by atoms with Crippen LogP contribution in [0.2, 0.25) is 0 Å². The van der Waals surface area contributed by atoms with Crippen LogP contribution in [0.25, 0.3) is 0 Å². The fourth-order valence-electron chi connectivity index (χ4n) is 3.93. The molecule has 1 amide bonds. The van der Waals surface area contributed by atoms with Crippen molar-refractivity contribution in [3.63, 3.8) is 0 Å². The number of hydrogen-bond acceptors (Lipinski definition) is 7. The molecule has 1 fully saturated rings. The SMILES string of the molecule is CCOc1ccc(CNC(=O)c2cc([N+](=O)[O-])ccc2N[C@H]2CC[C@@H](N)CC2)cc1OCC. The van der Waals surface area contributed by atoms with Gasteiger partial charge < -0.3 is 25.8 Å². The van der Waals surface area contributed by atoms with Crippen LogP contribution < -0.4 is 25.8 Å². The Balaban J connectivity index is 1.75. The van der Waals surface area contributed by atoms with E-state index < -0.39 is 4.92 Å². The first-order valence-corrected chi connectivity index (χ1v) is 11.4. The van der Waals surface area contributed by atoms with Crippen LogP contribution in [-0.2, 0) is 6.54 Å². The Labute approximate surface area is 193 Å². The first-order valence-electron chi connectivity index (χ1n) is 11.4. The zero-order chi connectivity index (χ0) is 23.8. The van der Waals surface area contributed by atoms with Crippen LogP contribution in [0, 0.1) is 10.1 Å². The Morgan fingerprint density at radius 1 is 1.06 bits per heavy atom. The largest absolute Gasteiger partial charge is 0.490 e. The van der Waals surface area contributed by atoms with Gasteiger partial charge in [0.25, 0.3) is 11.6 Å². The number of benzene rings is 2. The van der Waals surface area contributed by atoms with Gasteiger partial charge in [-0.25, -0.2) is 0 Å². The first-order chi connectivity index (χ1) is 15.9. The van der Waals surface area contributed by atoms with E-state index in [0.29, 0.717) is 30.4 Å². The summed E-state index contributed by atoms with van der Waals surface area (Å²) in [6.45, 7) is 5.04. The van der Waals surface area contributed by atoms with Gasteiger partial charge in [-0.05, 0) is 63.3 Å². The zero-order valence-electron chi connectivity index (χ0n) is 19.1. The molecule has 0 unspecified atom stereocenters. The molecular formula is C24H32N4O5. The van der Waals surface area contributed by atoms with Gasteiger partial charge in [-0.2, -0.15) is 0 Å². The summed E-state index contributed by atoms with van der Waals surface area (Å²) in [5, 5.41) is 17.5. The number of ether oxygens (including phenoxy) is 2. The number of amides is 1. The second-order valence-electron chi connectivity index (χ2n) is 8.07. The normalized spacial score (nSPS) is 17.8. The van der Waals surface area contributed by atoms with Gasteiger partial charge in [0.05, 0.1) is 23.7 Å². The van der Waals surface area contributed by atoms with Crippen molar-refractivity contribution in [2.75, 3.05) is 18.5 Å². The minimum Gasteiger partial charge on any atom is -0.490 e. The van der Waals surface area contributed by atoms with Gasteiger partial charge in [0.2, 0.25) is 0 Å². The fourth-order valence-corrected chi connectivity index (χ4v) is 3.93. The number of carbonyl (C=O) groups is 1. The third kappa shape index (κ3) is 6.58. The second-order valence-corrected chi connectivity index (χ2v) is 8.07. The number of nitrogens with two attached hydrogens (primary N) is 1. The van der Waals surface area contributed by atoms with Crippen molar-refractivity contribution in [1.82, 2.24) is 5.32 Å². The maximum absolute atomic E-state index is 13.0. The van der Waals surface area contributed by atoms with Gasteiger partial charge in [-0.3, -0.25) is 14.9 Å². The Morgan fingerprint density at radius 2 is 1.76 bits per heavy atom. The van der Waals surface area contributed by atoms with E-state index in [0.717, 1.165) is 31.2 Å². The summed E-state index contributed by atoms with van der Waals surface area (Å²) >= 11 is 0. The van der Waals surface area contributed by atoms with Crippen molar-refractivity contribution in [2.24, 2.45) is 5.73 Å². The highest BCUT2D eigenvalue weighted by Crippen LogP contribution is 2.29. The average molecular weight is 457 g/mol. The molecule has 0 aromatic heterocycles. The molecule has 33 heavy (non-hydrogen) atoms. The second kappa shape index (κ2) is 11.5. The maximum atomic E-state index is 13.0. The van der Waals surface area contributed by atoms with E-state index in [1.807, 2.05) is 32.0 Å². The molecule has 0 bridgehead atoms. The Bertz CT molecular complexity index is 973. The lowest BCUT2D eigenvalue weighted by molar-refractivity contribution is -0.384. The van der Waals surface area contributed by atoms with Crippen molar-refractivity contribution in [3.8, 4) is 11.5 Å². The lowest BCUT2D eigenvalue weighted by Crippen LogP contribution is -2.33. The van der Waals surface area contributed by atoms with E-state index in [2.05, 4.69) is 10.6 Å². The van der Waals surface area contributed by atoms with Crippen LogP contribution in [0.3, 0.4) is 0 Å². The minimum absolute atomic E-state index is 0.129. The molecule has 0 aliphatic heterocycles. The van der Waals surface area contributed by atoms with E-state index in [-0.39, 0.29) is 35.8 Å². The highest BCUT2D eigenvalue weighted by Gasteiger charge is 2.22. The van der Waals surface area contributed by atoms with E-state index >= 15 is 0 Å². The van der Waals surface area contributed by atoms with Gasteiger partial charge in [-0.15, -0.1) is 0 Å². The summed E-state index contributed by atoms with van der Waals surface area (Å²) in [4.78, 5) is 23.8. The molecule has 0 saturated heterocycles. The number of nitrogens with one attached hydrogen (secondary N) is 2. The first kappa shape index (κ1) is 24.3. The van der Waals surface area contributed by atoms with Crippen LogP contribution in [0.5, 0.6) is 11.5 Å². The van der Waals surface area contributed by atoms with E-state index in [1.54, 1.807) is 6.07 Å². The summed E-state index contributed by atoms with van der Waals surface area (Å²) in [6, 6.07) is 10.2. The molecule has 1 aliphatic carbocycles. The molecular weight excluding hydrogens is 424 g/mol. The third-order valence-corrected chi connectivity index (χ3v) is 5.65.